The number of nitrogens with zero attached hydrogens (tertiary/aromatic N) is 4. The zero-order chi connectivity index (χ0) is 36.6. The predicted molar refractivity (Wildman–Crippen MR) is 204 cm³/mol. The number of carboxylic acid groups (broad SMARTS) is 1. The monoisotopic (exact) mass is 723 g/mol. The Kier molecular flexibility index (Phi) is 9.55. The van der Waals surface area contributed by atoms with Crippen molar-refractivity contribution in [1.29, 1.82) is 0 Å². The van der Waals surface area contributed by atoms with Crippen molar-refractivity contribution < 1.29 is 18.3 Å². The lowest BCUT2D eigenvalue weighted by Gasteiger charge is -2.73. The molecule has 1 aromatic rings. The van der Waals surface area contributed by atoms with E-state index in [1.54, 1.807) is 0 Å². The van der Waals surface area contributed by atoms with E-state index in [4.69, 9.17) is 0 Å². The molecular formula is C41H65N5O4S. The molecule has 2 aliphatic heterocycles. The number of nitrogens with one attached hydrogen (secondary N) is 1. The van der Waals surface area contributed by atoms with Crippen LogP contribution in [0.1, 0.15) is 116 Å². The van der Waals surface area contributed by atoms with Crippen molar-refractivity contribution >= 4 is 21.8 Å². The van der Waals surface area contributed by atoms with Crippen LogP contribution < -0.4 is 10.2 Å². The van der Waals surface area contributed by atoms with Crippen LogP contribution in [0.3, 0.4) is 0 Å². The number of piperidine rings is 1. The quantitative estimate of drug-likeness (QED) is 0.212. The fourth-order valence-electron chi connectivity index (χ4n) is 14.0. The van der Waals surface area contributed by atoms with Crippen molar-refractivity contribution in [3.05, 3.63) is 30.1 Å². The molecule has 10 heteroatoms. The van der Waals surface area contributed by atoms with Crippen molar-refractivity contribution in [2.24, 2.45) is 51.2 Å². The second-order valence-electron chi connectivity index (χ2n) is 19.2. The molecule has 6 aliphatic rings. The number of hydrogen-bond acceptors (Lipinski definition) is 8. The summed E-state index contributed by atoms with van der Waals surface area (Å²) in [5.41, 5.74) is 2.52. The molecule has 1 aromatic heterocycles. The lowest BCUT2D eigenvalue weighted by Crippen LogP contribution is -2.70. The van der Waals surface area contributed by atoms with Gasteiger partial charge in [0, 0.05) is 44.1 Å². The summed E-state index contributed by atoms with van der Waals surface area (Å²) in [6.45, 7) is 25.1. The van der Waals surface area contributed by atoms with Crippen LogP contribution >= 0.6 is 0 Å². The Labute approximate surface area is 307 Å². The van der Waals surface area contributed by atoms with E-state index in [2.05, 4.69) is 73.2 Å². The molecule has 7 rings (SSSR count). The minimum absolute atomic E-state index is 0.133. The van der Waals surface area contributed by atoms with E-state index in [-0.39, 0.29) is 21.9 Å². The van der Waals surface area contributed by atoms with Gasteiger partial charge in [0.1, 0.15) is 0 Å². The van der Waals surface area contributed by atoms with E-state index in [1.165, 1.54) is 69.3 Å². The van der Waals surface area contributed by atoms with Gasteiger partial charge in [0.25, 0.3) is 0 Å². The first kappa shape index (κ1) is 37.3. The maximum Gasteiger partial charge on any atom is 0.338 e. The average molecular weight is 724 g/mol. The normalized spacial score (nSPS) is 41.5. The first-order chi connectivity index (χ1) is 24.0. The van der Waals surface area contributed by atoms with Crippen LogP contribution in [0.5, 0.6) is 0 Å². The Morgan fingerprint density at radius 1 is 0.922 bits per heavy atom. The molecule has 51 heavy (non-hydrogen) atoms. The van der Waals surface area contributed by atoms with Gasteiger partial charge in [0.2, 0.25) is 5.95 Å². The Hall–Kier alpha value is -2.04. The second-order valence-corrected chi connectivity index (χ2v) is 21.5. The van der Waals surface area contributed by atoms with Gasteiger partial charge < -0.3 is 20.2 Å². The number of rotatable bonds is 9. The van der Waals surface area contributed by atoms with Crippen LogP contribution in [0.4, 0.5) is 5.95 Å². The van der Waals surface area contributed by atoms with Crippen LogP contribution in [0.2, 0.25) is 0 Å². The van der Waals surface area contributed by atoms with Crippen LogP contribution in [-0.2, 0) is 9.84 Å². The molecule has 2 N–H and O–H groups in total. The third-order valence-electron chi connectivity index (χ3n) is 16.8. The summed E-state index contributed by atoms with van der Waals surface area (Å²) >= 11 is 0. The Morgan fingerprint density at radius 3 is 2.29 bits per heavy atom. The topological polar surface area (TPSA) is 116 Å². The van der Waals surface area contributed by atoms with Gasteiger partial charge in [-0.25, -0.2) is 23.2 Å². The van der Waals surface area contributed by atoms with Gasteiger partial charge in [0.05, 0.1) is 17.1 Å². The van der Waals surface area contributed by atoms with Gasteiger partial charge in [-0.05, 0) is 149 Å². The summed E-state index contributed by atoms with van der Waals surface area (Å²) in [4.78, 5) is 25.3. The van der Waals surface area contributed by atoms with E-state index >= 15 is 0 Å². The molecule has 0 aromatic carbocycles. The molecule has 3 heterocycles. The lowest BCUT2D eigenvalue weighted by molar-refractivity contribution is -0.227. The van der Waals surface area contributed by atoms with E-state index < -0.39 is 15.8 Å². The van der Waals surface area contributed by atoms with Crippen molar-refractivity contribution in [3.8, 4) is 0 Å². The third kappa shape index (κ3) is 6.00. The first-order valence-electron chi connectivity index (χ1n) is 20.1. The second kappa shape index (κ2) is 13.1. The van der Waals surface area contributed by atoms with Crippen LogP contribution in [0, 0.1) is 51.2 Å². The molecule has 284 valence electrons. The highest BCUT2D eigenvalue weighted by Crippen LogP contribution is 2.76. The largest absolute Gasteiger partial charge is 0.478 e. The van der Waals surface area contributed by atoms with Gasteiger partial charge >= 0.3 is 5.97 Å². The molecule has 4 aliphatic carbocycles. The van der Waals surface area contributed by atoms with Gasteiger partial charge in [-0.1, -0.05) is 32.9 Å². The fourth-order valence-corrected chi connectivity index (χ4v) is 15.2. The number of allylic oxidation sites excluding steroid dienone is 1. The molecule has 6 fully saturated rings. The summed E-state index contributed by atoms with van der Waals surface area (Å²) in [6, 6.07) is 0. The average Bonchev–Trinajstić information content (AvgIpc) is 3.45. The predicted octanol–water partition coefficient (Wildman–Crippen LogP) is 6.71. The maximum absolute atomic E-state index is 11.9. The van der Waals surface area contributed by atoms with E-state index in [0.717, 1.165) is 39.0 Å². The summed E-state index contributed by atoms with van der Waals surface area (Å²) < 4.78 is 23.7. The summed E-state index contributed by atoms with van der Waals surface area (Å²) in [5.74, 6) is 3.46. The Balaban J connectivity index is 1.08. The zero-order valence-electron chi connectivity index (χ0n) is 32.3. The zero-order valence-corrected chi connectivity index (χ0v) is 33.2. The standard InChI is InChI=1S/C41H65N5O4S/c1-28(2)30-11-14-41(27-42-18-8-19-45-21-23-51(49,50)24-22-45)16-15-39(6)31(34(30)41)9-10-33-38(5)17-20-46(36-43-25-29(26-44-36)35(47)48)37(3,4)32(38)12-13-40(33,39)7/h25-26,30-34,42H,1,8-24,27H2,2-7H3,(H,47,48)/t30-,31+,32-,33+,34+,38-,39+,40+,41+/m0/s1. The summed E-state index contributed by atoms with van der Waals surface area (Å²) in [6.07, 6.45) is 15.4. The SMILES string of the molecule is C=C(C)[C@@H]1CC[C@]2(CNCCCN3CCS(=O)(=O)CC3)CC[C@]3(C)[C@H](CC[C@@H]4[C@@]5(C)CCN(c6ncc(C(=O)O)cn6)C(C)(C)[C@@H]5CC[C@]43C)[C@@H]12. The van der Waals surface area contributed by atoms with Crippen molar-refractivity contribution in [1.82, 2.24) is 20.2 Å². The number of anilines is 1. The molecule has 9 atom stereocenters. The van der Waals surface area contributed by atoms with Crippen molar-refractivity contribution in [2.45, 2.75) is 111 Å². The highest BCUT2D eigenvalue weighted by atomic mass is 32.2. The number of fused-ring (bicyclic) bond motifs is 7. The number of aromatic nitrogens is 2. The molecule has 0 radical (unpaired) electrons. The van der Waals surface area contributed by atoms with E-state index in [1.807, 2.05) is 0 Å². The van der Waals surface area contributed by atoms with Crippen LogP contribution in [-0.4, -0.2) is 90.7 Å². The number of aromatic carboxylic acids is 1. The number of sulfone groups is 1. The van der Waals surface area contributed by atoms with Crippen LogP contribution in [0.15, 0.2) is 24.5 Å². The Morgan fingerprint density at radius 2 is 1.63 bits per heavy atom. The third-order valence-corrected chi connectivity index (χ3v) is 18.4. The molecule has 0 spiro atoms. The van der Waals surface area contributed by atoms with E-state index in [0.29, 0.717) is 71.0 Å². The van der Waals surface area contributed by atoms with Gasteiger partial charge in [-0.15, -0.1) is 0 Å². The first-order valence-corrected chi connectivity index (χ1v) is 21.9. The van der Waals surface area contributed by atoms with Crippen molar-refractivity contribution in [2.75, 3.05) is 55.7 Å². The fraction of sp³-hybridized carbons (Fsp3) is 0.829. The molecule has 9 nitrogen and oxygen atoms in total. The molecular weight excluding hydrogens is 659 g/mol. The highest BCUT2D eigenvalue weighted by molar-refractivity contribution is 7.91. The summed E-state index contributed by atoms with van der Waals surface area (Å²) in [7, 11) is -2.83. The lowest BCUT2D eigenvalue weighted by atomic mass is 9.33. The smallest absolute Gasteiger partial charge is 0.338 e. The molecule has 2 saturated heterocycles. The minimum Gasteiger partial charge on any atom is -0.478 e. The molecule has 4 saturated carbocycles. The highest BCUT2D eigenvalue weighted by Gasteiger charge is 2.70. The van der Waals surface area contributed by atoms with Crippen molar-refractivity contribution in [3.63, 3.8) is 0 Å². The van der Waals surface area contributed by atoms with Gasteiger partial charge in [0.15, 0.2) is 9.84 Å². The van der Waals surface area contributed by atoms with Crippen LogP contribution in [0.25, 0.3) is 0 Å². The molecule has 0 bridgehead atoms. The van der Waals surface area contributed by atoms with Gasteiger partial charge in [-0.3, -0.25) is 0 Å². The maximum atomic E-state index is 11.9. The van der Waals surface area contributed by atoms with Gasteiger partial charge in [-0.2, -0.15) is 0 Å². The number of carboxylic acids is 1. The number of hydrogen-bond donors (Lipinski definition) is 2. The Bertz CT molecular complexity index is 1600. The molecule has 0 amide bonds. The minimum atomic E-state index is -2.83. The number of carbonyl (C=O) groups is 1. The summed E-state index contributed by atoms with van der Waals surface area (Å²) in [5, 5.41) is 13.4. The molecule has 0 unspecified atom stereocenters. The van der Waals surface area contributed by atoms with E-state index in [9.17, 15) is 18.3 Å².